The van der Waals surface area contributed by atoms with E-state index in [1.54, 1.807) is 6.08 Å². The molecule has 0 aromatic rings. The molecule has 2 rings (SSSR count). The monoisotopic (exact) mass is 1470 g/mol. The normalized spacial score (nSPS) is 21.9. The van der Waals surface area contributed by atoms with E-state index in [2.05, 4.69) is 92.1 Å². The molecule has 2 aliphatic rings. The van der Waals surface area contributed by atoms with Gasteiger partial charge in [0.2, 0.25) is 5.91 Å². The van der Waals surface area contributed by atoms with Crippen molar-refractivity contribution in [3.63, 3.8) is 0 Å². The second-order valence-corrected chi connectivity index (χ2v) is 30.6. The molecule has 0 aliphatic carbocycles. The highest BCUT2D eigenvalue weighted by Gasteiger charge is 2.51. The summed E-state index contributed by atoms with van der Waals surface area (Å²) in [6.07, 6.45) is 87.0. The summed E-state index contributed by atoms with van der Waals surface area (Å²) in [5, 5.41) is 87.8. The van der Waals surface area contributed by atoms with Gasteiger partial charge >= 0.3 is 0 Å². The average Bonchev–Trinajstić information content (AvgIpc) is 0.791. The Morgan fingerprint density at radius 2 is 0.673 bits per heavy atom. The summed E-state index contributed by atoms with van der Waals surface area (Å²) in [5.41, 5.74) is 0. The second-order valence-electron chi connectivity index (χ2n) is 30.6. The largest absolute Gasteiger partial charge is 0.394 e. The summed E-state index contributed by atoms with van der Waals surface area (Å²) >= 11 is 0. The molecule has 2 saturated heterocycles. The van der Waals surface area contributed by atoms with Gasteiger partial charge in [-0.2, -0.15) is 0 Å². The van der Waals surface area contributed by atoms with E-state index in [1.807, 2.05) is 6.08 Å². The van der Waals surface area contributed by atoms with Crippen molar-refractivity contribution >= 4 is 5.91 Å². The number of aliphatic hydroxyl groups excluding tert-OH is 8. The molecule has 14 nitrogen and oxygen atoms in total. The summed E-state index contributed by atoms with van der Waals surface area (Å²) in [6.45, 7) is 2.73. The van der Waals surface area contributed by atoms with Gasteiger partial charge in [-0.05, 0) is 77.0 Å². The number of unbranched alkanes of at least 4 members (excludes halogenated alkanes) is 49. The van der Waals surface area contributed by atoms with E-state index in [1.165, 1.54) is 289 Å². The number of carbonyl (C=O) groups is 1. The van der Waals surface area contributed by atoms with Gasteiger partial charge in [-0.15, -0.1) is 0 Å². The summed E-state index contributed by atoms with van der Waals surface area (Å²) < 4.78 is 22.9. The van der Waals surface area contributed by atoms with Crippen LogP contribution in [0.15, 0.2) is 85.1 Å². The van der Waals surface area contributed by atoms with Gasteiger partial charge in [0.05, 0.1) is 32.0 Å². The van der Waals surface area contributed by atoms with Crippen LogP contribution in [0.1, 0.15) is 386 Å². The molecule has 12 unspecified atom stereocenters. The van der Waals surface area contributed by atoms with Gasteiger partial charge in [0.1, 0.15) is 48.8 Å². The predicted molar refractivity (Wildman–Crippen MR) is 433 cm³/mol. The number of ether oxygens (including phenoxy) is 4. The van der Waals surface area contributed by atoms with Gasteiger partial charge in [0.25, 0.3) is 0 Å². The molecule has 12 atom stereocenters. The molecule has 104 heavy (non-hydrogen) atoms. The highest BCUT2D eigenvalue weighted by Crippen LogP contribution is 2.30. The van der Waals surface area contributed by atoms with Gasteiger partial charge in [0, 0.05) is 6.42 Å². The number of hydrogen-bond donors (Lipinski definition) is 9. The number of nitrogens with one attached hydrogen (secondary N) is 1. The molecule has 2 fully saturated rings. The number of allylic oxidation sites excluding steroid dienone is 13. The molecule has 0 radical (unpaired) electrons. The first-order chi connectivity index (χ1) is 51.1. The topological polar surface area (TPSA) is 228 Å². The van der Waals surface area contributed by atoms with Crippen LogP contribution in [0.3, 0.4) is 0 Å². The highest BCUT2D eigenvalue weighted by molar-refractivity contribution is 5.76. The summed E-state index contributed by atoms with van der Waals surface area (Å²) in [6, 6.07) is -0.936. The number of aliphatic hydroxyl groups is 8. The van der Waals surface area contributed by atoms with Crippen LogP contribution in [0.2, 0.25) is 0 Å². The van der Waals surface area contributed by atoms with E-state index in [9.17, 15) is 45.6 Å². The lowest BCUT2D eigenvalue weighted by Gasteiger charge is -2.46. The van der Waals surface area contributed by atoms with Crippen LogP contribution in [0, 0.1) is 0 Å². The third kappa shape index (κ3) is 54.7. The van der Waals surface area contributed by atoms with Gasteiger partial charge in [-0.3, -0.25) is 4.79 Å². The maximum Gasteiger partial charge on any atom is 0.220 e. The quantitative estimate of drug-likeness (QED) is 0.0204. The molecule has 0 spiro atoms. The Hall–Kier alpha value is -2.83. The minimum absolute atomic E-state index is 0.243. The lowest BCUT2D eigenvalue weighted by Crippen LogP contribution is -2.65. The van der Waals surface area contributed by atoms with Crippen LogP contribution < -0.4 is 5.32 Å². The first kappa shape index (κ1) is 97.2. The Balaban J connectivity index is 1.58. The Morgan fingerprint density at radius 1 is 0.356 bits per heavy atom. The van der Waals surface area contributed by atoms with Crippen molar-refractivity contribution in [2.45, 2.75) is 460 Å². The molecular formula is C90H163NO13. The van der Waals surface area contributed by atoms with Crippen molar-refractivity contribution in [1.82, 2.24) is 5.32 Å². The van der Waals surface area contributed by atoms with Gasteiger partial charge in [-0.25, -0.2) is 0 Å². The molecular weight excluding hydrogens is 1300 g/mol. The van der Waals surface area contributed by atoms with Gasteiger partial charge in [0.15, 0.2) is 12.6 Å². The van der Waals surface area contributed by atoms with Crippen molar-refractivity contribution in [1.29, 1.82) is 0 Å². The van der Waals surface area contributed by atoms with Crippen LogP contribution in [-0.4, -0.2) is 140 Å². The first-order valence-electron chi connectivity index (χ1n) is 43.8. The van der Waals surface area contributed by atoms with Gasteiger partial charge in [-0.1, -0.05) is 388 Å². The molecule has 2 heterocycles. The van der Waals surface area contributed by atoms with Crippen LogP contribution in [0.4, 0.5) is 0 Å². The van der Waals surface area contributed by atoms with E-state index < -0.39 is 86.8 Å². The van der Waals surface area contributed by atoms with E-state index in [4.69, 9.17) is 18.9 Å². The Kier molecular flexibility index (Phi) is 68.3. The third-order valence-corrected chi connectivity index (χ3v) is 21.1. The fourth-order valence-corrected chi connectivity index (χ4v) is 14.2. The van der Waals surface area contributed by atoms with E-state index in [0.717, 1.165) is 64.2 Å². The number of rotatable bonds is 74. The molecule has 2 aliphatic heterocycles. The molecule has 606 valence electrons. The molecule has 9 N–H and O–H groups in total. The van der Waals surface area contributed by atoms with Gasteiger partial charge < -0.3 is 65.1 Å². The summed E-state index contributed by atoms with van der Waals surface area (Å²) in [4.78, 5) is 13.4. The first-order valence-corrected chi connectivity index (χ1v) is 43.8. The predicted octanol–water partition coefficient (Wildman–Crippen LogP) is 21.0. The van der Waals surface area contributed by atoms with Crippen molar-refractivity contribution in [3.8, 4) is 0 Å². The second kappa shape index (κ2) is 73.0. The maximum absolute atomic E-state index is 13.4. The highest BCUT2D eigenvalue weighted by atomic mass is 16.7. The molecule has 1 amide bonds. The Morgan fingerprint density at radius 3 is 1.06 bits per heavy atom. The van der Waals surface area contributed by atoms with E-state index in [-0.39, 0.29) is 18.9 Å². The van der Waals surface area contributed by atoms with Crippen molar-refractivity contribution in [2.75, 3.05) is 19.8 Å². The SMILES string of the molecule is CC/C=C\C/C=C\C/C=C\C/C=C\C/C=C\CCCCCCCCCCCCCCCCCCCCCCCCCC(=O)NC(COC1OC(CO)C(OC2OC(CO)C(O)C(O)C2O)C(O)C1O)C(O)/C=C/CC/C=C/CCCCCCCCCCCCCCCCCCCCCCCCCCC. The minimum Gasteiger partial charge on any atom is -0.394 e. The number of amides is 1. The number of carbonyl (C=O) groups excluding carboxylic acids is 1. The zero-order chi connectivity index (χ0) is 75.1. The lowest BCUT2D eigenvalue weighted by atomic mass is 9.97. The molecule has 0 saturated carbocycles. The van der Waals surface area contributed by atoms with Crippen LogP contribution >= 0.6 is 0 Å². The molecule has 0 aromatic carbocycles. The minimum atomic E-state index is -1.79. The summed E-state index contributed by atoms with van der Waals surface area (Å²) in [7, 11) is 0. The van der Waals surface area contributed by atoms with Crippen molar-refractivity contribution in [3.05, 3.63) is 85.1 Å². The maximum atomic E-state index is 13.4. The fourth-order valence-electron chi connectivity index (χ4n) is 14.2. The third-order valence-electron chi connectivity index (χ3n) is 21.1. The number of hydrogen-bond acceptors (Lipinski definition) is 13. The Labute approximate surface area is 637 Å². The molecule has 0 aromatic heterocycles. The van der Waals surface area contributed by atoms with Crippen LogP contribution in [0.5, 0.6) is 0 Å². The molecule has 0 bridgehead atoms. The zero-order valence-corrected chi connectivity index (χ0v) is 66.8. The average molecular weight is 1470 g/mol. The van der Waals surface area contributed by atoms with Crippen LogP contribution in [0.25, 0.3) is 0 Å². The lowest BCUT2D eigenvalue weighted by molar-refractivity contribution is -0.359. The van der Waals surface area contributed by atoms with Crippen LogP contribution in [-0.2, 0) is 23.7 Å². The summed E-state index contributed by atoms with van der Waals surface area (Å²) in [5.74, 6) is -0.243. The van der Waals surface area contributed by atoms with Crippen molar-refractivity contribution in [2.24, 2.45) is 0 Å². The zero-order valence-electron chi connectivity index (χ0n) is 66.8. The molecule has 14 heteroatoms. The fraction of sp³-hybridized carbons (Fsp3) is 0.833. The smallest absolute Gasteiger partial charge is 0.220 e. The standard InChI is InChI=1S/C90H163NO13/c1-3-5-7-9-11-13-15-17-19-21-23-25-27-29-31-33-35-36-37-38-39-40-41-42-44-46-48-50-52-54-56-58-60-62-64-66-68-70-72-74-82(95)91-78(77-101-89-87(100)85(98)88(81(76-93)103-89)104-90-86(99)84(97)83(96)80(75-92)102-90)79(94)73-71-69-67-65-63-61-59-57-55-53-51-49-47-45-43-34-32-30-28-26-24-22-20-18-16-14-12-10-8-6-4-2/h5,7,11,13,17,19,23,25,29,31,63,65,71,73,78-81,83-90,92-94,96-100H,3-4,6,8-10,12,14-16,18,20-22,24,26-28,30,32-62,64,66-70,72,74-77H2,1-2H3,(H,91,95)/b7-5-,13-11-,19-17-,25-23-,31-29-,65-63+,73-71+. The van der Waals surface area contributed by atoms with E-state index >= 15 is 0 Å². The Bertz CT molecular complexity index is 2080. The van der Waals surface area contributed by atoms with Crippen molar-refractivity contribution < 1.29 is 64.6 Å². The van der Waals surface area contributed by atoms with E-state index in [0.29, 0.717) is 12.8 Å².